The highest BCUT2D eigenvalue weighted by Crippen LogP contribution is 2.33. The van der Waals surface area contributed by atoms with Crippen molar-refractivity contribution in [1.82, 2.24) is 15.0 Å². The molecule has 1 saturated heterocycles. The third kappa shape index (κ3) is 3.74. The van der Waals surface area contributed by atoms with Gasteiger partial charge in [0.05, 0.1) is 11.6 Å². The lowest BCUT2D eigenvalue weighted by Gasteiger charge is -2.28. The Labute approximate surface area is 156 Å². The lowest BCUT2D eigenvalue weighted by molar-refractivity contribution is 0.0673. The minimum Gasteiger partial charge on any atom is -0.356 e. The van der Waals surface area contributed by atoms with Gasteiger partial charge >= 0.3 is 0 Å². The summed E-state index contributed by atoms with van der Waals surface area (Å²) in [5, 5.41) is 4.23. The first-order chi connectivity index (χ1) is 13.2. The van der Waals surface area contributed by atoms with Crippen molar-refractivity contribution in [3.8, 4) is 11.3 Å². The van der Waals surface area contributed by atoms with E-state index in [4.69, 9.17) is 4.52 Å². The van der Waals surface area contributed by atoms with Crippen molar-refractivity contribution < 1.29 is 13.7 Å². The summed E-state index contributed by atoms with van der Waals surface area (Å²) < 4.78 is 18.6. The highest BCUT2D eigenvalue weighted by atomic mass is 19.1. The minimum absolute atomic E-state index is 0.0404. The molecule has 138 valence electrons. The molecule has 1 fully saturated rings. The molecule has 4 rings (SSSR count). The molecule has 0 bridgehead atoms. The van der Waals surface area contributed by atoms with Crippen molar-refractivity contribution in [3.05, 3.63) is 71.9 Å². The van der Waals surface area contributed by atoms with Crippen LogP contribution < -0.4 is 0 Å². The number of aromatic nitrogens is 2. The molecule has 0 N–H and O–H groups in total. The molecule has 2 aromatic heterocycles. The van der Waals surface area contributed by atoms with Gasteiger partial charge in [-0.25, -0.2) is 4.39 Å². The number of hydrogen-bond donors (Lipinski definition) is 0. The van der Waals surface area contributed by atoms with Gasteiger partial charge in [-0.2, -0.15) is 0 Å². The van der Waals surface area contributed by atoms with Crippen LogP contribution in [0.2, 0.25) is 0 Å². The van der Waals surface area contributed by atoms with E-state index in [2.05, 4.69) is 10.1 Å². The molecule has 3 heterocycles. The quantitative estimate of drug-likeness (QED) is 0.679. The molecular weight excluding hydrogens is 345 g/mol. The fourth-order valence-corrected chi connectivity index (χ4v) is 3.51. The number of pyridine rings is 1. The van der Waals surface area contributed by atoms with Crippen LogP contribution in [-0.2, 0) is 0 Å². The molecule has 0 radical (unpaired) electrons. The maximum absolute atomic E-state index is 13.1. The van der Waals surface area contributed by atoms with Gasteiger partial charge in [-0.1, -0.05) is 18.0 Å². The zero-order chi connectivity index (χ0) is 18.6. The van der Waals surface area contributed by atoms with E-state index in [0.29, 0.717) is 17.9 Å². The molecule has 6 heteroatoms. The number of nitrogens with zero attached hydrogens (tertiary/aromatic N) is 3. The van der Waals surface area contributed by atoms with E-state index in [1.165, 1.54) is 12.1 Å². The topological polar surface area (TPSA) is 59.2 Å². The van der Waals surface area contributed by atoms with E-state index < -0.39 is 0 Å². The van der Waals surface area contributed by atoms with Crippen LogP contribution in [0.25, 0.3) is 11.3 Å². The van der Waals surface area contributed by atoms with Crippen molar-refractivity contribution in [1.29, 1.82) is 0 Å². The SMILES string of the molecule is O=C(c1cccnc1)N1CCCCCC1c1cc(-c2ccc(F)cc2)on1. The summed E-state index contributed by atoms with van der Waals surface area (Å²) >= 11 is 0. The fraction of sp³-hybridized carbons (Fsp3) is 0.286. The summed E-state index contributed by atoms with van der Waals surface area (Å²) in [5.74, 6) is 0.236. The summed E-state index contributed by atoms with van der Waals surface area (Å²) in [6.07, 6.45) is 7.16. The molecule has 0 aliphatic carbocycles. The molecule has 1 aliphatic rings. The largest absolute Gasteiger partial charge is 0.356 e. The third-order valence-electron chi connectivity index (χ3n) is 4.92. The number of carbonyl (C=O) groups is 1. The van der Waals surface area contributed by atoms with Crippen LogP contribution in [0.4, 0.5) is 4.39 Å². The average Bonchev–Trinajstić information content (AvgIpc) is 3.06. The molecule has 27 heavy (non-hydrogen) atoms. The van der Waals surface area contributed by atoms with Crippen molar-refractivity contribution in [2.24, 2.45) is 0 Å². The van der Waals surface area contributed by atoms with Crippen LogP contribution in [0.15, 0.2) is 59.4 Å². The first-order valence-corrected chi connectivity index (χ1v) is 9.16. The Balaban J connectivity index is 1.63. The molecule has 1 aliphatic heterocycles. The zero-order valence-corrected chi connectivity index (χ0v) is 14.8. The van der Waals surface area contributed by atoms with Gasteiger partial charge in [0, 0.05) is 30.6 Å². The van der Waals surface area contributed by atoms with Gasteiger partial charge in [-0.15, -0.1) is 0 Å². The van der Waals surface area contributed by atoms with Gasteiger partial charge in [0.25, 0.3) is 5.91 Å². The first kappa shape index (κ1) is 17.4. The number of halogens is 1. The Bertz CT molecular complexity index is 909. The fourth-order valence-electron chi connectivity index (χ4n) is 3.51. The van der Waals surface area contributed by atoms with Crippen LogP contribution in [-0.4, -0.2) is 27.5 Å². The van der Waals surface area contributed by atoms with E-state index in [1.807, 2.05) is 11.0 Å². The lowest BCUT2D eigenvalue weighted by atomic mass is 10.0. The van der Waals surface area contributed by atoms with Gasteiger partial charge in [0.2, 0.25) is 0 Å². The van der Waals surface area contributed by atoms with Crippen molar-refractivity contribution >= 4 is 5.91 Å². The first-order valence-electron chi connectivity index (χ1n) is 9.16. The van der Waals surface area contributed by atoms with Crippen LogP contribution >= 0.6 is 0 Å². The highest BCUT2D eigenvalue weighted by Gasteiger charge is 2.30. The molecule has 3 aromatic rings. The Kier molecular flexibility index (Phi) is 4.96. The summed E-state index contributed by atoms with van der Waals surface area (Å²) in [5.41, 5.74) is 2.06. The van der Waals surface area contributed by atoms with E-state index >= 15 is 0 Å². The van der Waals surface area contributed by atoms with Crippen LogP contribution in [0.5, 0.6) is 0 Å². The van der Waals surface area contributed by atoms with Gasteiger partial charge in [-0.05, 0) is 49.2 Å². The molecular formula is C21H20FN3O2. The van der Waals surface area contributed by atoms with Crippen LogP contribution in [0.3, 0.4) is 0 Å². The Hall–Kier alpha value is -3.02. The summed E-state index contributed by atoms with van der Waals surface area (Å²) in [6, 6.07) is 11.4. The van der Waals surface area contributed by atoms with Gasteiger partial charge < -0.3 is 9.42 Å². The Morgan fingerprint density at radius 2 is 2.00 bits per heavy atom. The predicted molar refractivity (Wildman–Crippen MR) is 98.4 cm³/mol. The van der Waals surface area contributed by atoms with E-state index in [1.54, 1.807) is 36.7 Å². The number of hydrogen-bond acceptors (Lipinski definition) is 4. The van der Waals surface area contributed by atoms with E-state index in [0.717, 1.165) is 36.9 Å². The van der Waals surface area contributed by atoms with Crippen molar-refractivity contribution in [2.75, 3.05) is 6.54 Å². The number of carbonyl (C=O) groups excluding carboxylic acids is 1. The lowest BCUT2D eigenvalue weighted by Crippen LogP contribution is -2.35. The molecule has 5 nitrogen and oxygen atoms in total. The van der Waals surface area contributed by atoms with Crippen LogP contribution in [0, 0.1) is 5.82 Å². The van der Waals surface area contributed by atoms with Crippen LogP contribution in [0.1, 0.15) is 47.8 Å². The highest BCUT2D eigenvalue weighted by molar-refractivity contribution is 5.94. The molecule has 1 aromatic carbocycles. The standard InChI is InChI=1S/C21H20FN3O2/c22-17-9-7-15(8-10-17)20-13-18(24-27-20)19-6-2-1-3-12-25(19)21(26)16-5-4-11-23-14-16/h4-5,7-11,13-14,19H,1-3,6,12H2. The number of amides is 1. The smallest absolute Gasteiger partial charge is 0.255 e. The zero-order valence-electron chi connectivity index (χ0n) is 14.8. The van der Waals surface area contributed by atoms with E-state index in [9.17, 15) is 9.18 Å². The minimum atomic E-state index is -0.296. The molecule has 1 atom stereocenters. The molecule has 0 saturated carbocycles. The van der Waals surface area contributed by atoms with Gasteiger partial charge in [0.15, 0.2) is 5.76 Å². The average molecular weight is 365 g/mol. The second-order valence-electron chi connectivity index (χ2n) is 6.73. The number of likely N-dealkylation sites (tertiary alicyclic amines) is 1. The summed E-state index contributed by atoms with van der Waals surface area (Å²) in [4.78, 5) is 19.0. The molecule has 1 unspecified atom stereocenters. The molecule has 1 amide bonds. The second kappa shape index (κ2) is 7.70. The van der Waals surface area contributed by atoms with E-state index in [-0.39, 0.29) is 17.8 Å². The summed E-state index contributed by atoms with van der Waals surface area (Å²) in [7, 11) is 0. The maximum atomic E-state index is 13.1. The Morgan fingerprint density at radius 3 is 2.78 bits per heavy atom. The Morgan fingerprint density at radius 1 is 1.15 bits per heavy atom. The molecule has 0 spiro atoms. The van der Waals surface area contributed by atoms with Crippen molar-refractivity contribution in [3.63, 3.8) is 0 Å². The number of benzene rings is 1. The maximum Gasteiger partial charge on any atom is 0.255 e. The second-order valence-corrected chi connectivity index (χ2v) is 6.73. The number of rotatable bonds is 3. The van der Waals surface area contributed by atoms with Gasteiger partial charge in [-0.3, -0.25) is 9.78 Å². The normalized spacial score (nSPS) is 17.5. The van der Waals surface area contributed by atoms with Crippen molar-refractivity contribution in [2.45, 2.75) is 31.7 Å². The monoisotopic (exact) mass is 365 g/mol. The summed E-state index contributed by atoms with van der Waals surface area (Å²) in [6.45, 7) is 0.678. The third-order valence-corrected chi connectivity index (χ3v) is 4.92. The predicted octanol–water partition coefficient (Wildman–Crippen LogP) is 4.63. The van der Waals surface area contributed by atoms with Gasteiger partial charge in [0.1, 0.15) is 11.5 Å².